The summed E-state index contributed by atoms with van der Waals surface area (Å²) in [7, 11) is 0. The highest BCUT2D eigenvalue weighted by molar-refractivity contribution is 6.03. The highest BCUT2D eigenvalue weighted by Gasteiger charge is 2.14. The average Bonchev–Trinajstić information content (AvgIpc) is 2.66. The highest BCUT2D eigenvalue weighted by atomic mass is 16.5. The highest BCUT2D eigenvalue weighted by Crippen LogP contribution is 2.23. The minimum absolute atomic E-state index is 0.00658. The van der Waals surface area contributed by atoms with E-state index in [0.29, 0.717) is 11.9 Å². The van der Waals surface area contributed by atoms with Gasteiger partial charge in [0.1, 0.15) is 5.82 Å². The van der Waals surface area contributed by atoms with Crippen LogP contribution in [0.5, 0.6) is 0 Å². The van der Waals surface area contributed by atoms with Crippen LogP contribution in [0.1, 0.15) is 23.4 Å². The predicted octanol–water partition coefficient (Wildman–Crippen LogP) is 2.59. The van der Waals surface area contributed by atoms with E-state index in [1.54, 1.807) is 10.8 Å². The van der Waals surface area contributed by atoms with Crippen molar-refractivity contribution in [1.29, 1.82) is 0 Å². The molecule has 0 unspecified atom stereocenters. The Hall–Kier alpha value is -2.31. The van der Waals surface area contributed by atoms with Gasteiger partial charge in [0.2, 0.25) is 0 Å². The number of fused-ring (bicyclic) bond motifs is 3. The van der Waals surface area contributed by atoms with Crippen molar-refractivity contribution in [2.24, 2.45) is 0 Å². The van der Waals surface area contributed by atoms with E-state index in [1.165, 1.54) is 11.1 Å². The summed E-state index contributed by atoms with van der Waals surface area (Å²) >= 11 is 0. The van der Waals surface area contributed by atoms with Crippen molar-refractivity contribution in [3.05, 3.63) is 45.6 Å². The summed E-state index contributed by atoms with van der Waals surface area (Å²) in [5.41, 5.74) is 4.04. The van der Waals surface area contributed by atoms with Crippen LogP contribution in [0.25, 0.3) is 21.8 Å². The Labute approximate surface area is 158 Å². The number of morpholine rings is 1. The molecule has 6 heteroatoms. The number of hydrogen-bond acceptors (Lipinski definition) is 5. The van der Waals surface area contributed by atoms with Gasteiger partial charge in [0, 0.05) is 37.8 Å². The van der Waals surface area contributed by atoms with Crippen molar-refractivity contribution in [3.8, 4) is 0 Å². The number of nitrogens with zero attached hydrogens (tertiary/aromatic N) is 4. The molecule has 0 N–H and O–H groups in total. The lowest BCUT2D eigenvalue weighted by atomic mass is 10.0. The van der Waals surface area contributed by atoms with Crippen LogP contribution in [0.4, 0.5) is 0 Å². The van der Waals surface area contributed by atoms with Gasteiger partial charge in [0.05, 0.1) is 29.6 Å². The second-order valence-electron chi connectivity index (χ2n) is 7.40. The molecule has 0 saturated carbocycles. The molecule has 1 aliphatic rings. The van der Waals surface area contributed by atoms with Crippen LogP contribution in [0.3, 0.4) is 0 Å². The maximum atomic E-state index is 13.1. The second-order valence-corrected chi connectivity index (χ2v) is 7.40. The molecule has 1 saturated heterocycles. The fourth-order valence-electron chi connectivity index (χ4n) is 3.77. The summed E-state index contributed by atoms with van der Waals surface area (Å²) in [6.45, 7) is 11.3. The third kappa shape index (κ3) is 3.47. The van der Waals surface area contributed by atoms with E-state index in [2.05, 4.69) is 35.9 Å². The molecule has 1 aliphatic heterocycles. The Balaban J connectivity index is 1.67. The van der Waals surface area contributed by atoms with Gasteiger partial charge in [-0.15, -0.1) is 0 Å². The van der Waals surface area contributed by atoms with Crippen LogP contribution in [-0.4, -0.2) is 52.3 Å². The van der Waals surface area contributed by atoms with Gasteiger partial charge in [-0.05, 0) is 50.5 Å². The van der Waals surface area contributed by atoms with Gasteiger partial charge in [-0.3, -0.25) is 19.2 Å². The smallest absolute Gasteiger partial charge is 0.262 e. The summed E-state index contributed by atoms with van der Waals surface area (Å²) in [4.78, 5) is 24.8. The Morgan fingerprint density at radius 1 is 1.04 bits per heavy atom. The summed E-state index contributed by atoms with van der Waals surface area (Å²) in [6, 6.07) is 4.16. The quantitative estimate of drug-likeness (QED) is 0.664. The van der Waals surface area contributed by atoms with Gasteiger partial charge in [0.15, 0.2) is 0 Å². The summed E-state index contributed by atoms with van der Waals surface area (Å²) < 4.78 is 7.18. The van der Waals surface area contributed by atoms with E-state index in [1.807, 2.05) is 6.92 Å². The second kappa shape index (κ2) is 7.37. The predicted molar refractivity (Wildman–Crippen MR) is 107 cm³/mol. The third-order valence-electron chi connectivity index (χ3n) is 5.55. The van der Waals surface area contributed by atoms with Crippen LogP contribution < -0.4 is 5.56 Å². The molecule has 27 heavy (non-hydrogen) atoms. The van der Waals surface area contributed by atoms with Crippen molar-refractivity contribution in [3.63, 3.8) is 0 Å². The molecular weight excluding hydrogens is 340 g/mol. The monoisotopic (exact) mass is 366 g/mol. The van der Waals surface area contributed by atoms with Gasteiger partial charge in [-0.2, -0.15) is 0 Å². The van der Waals surface area contributed by atoms with Gasteiger partial charge in [-0.1, -0.05) is 0 Å². The van der Waals surface area contributed by atoms with E-state index in [9.17, 15) is 4.79 Å². The normalized spacial score (nSPS) is 15.7. The zero-order valence-corrected chi connectivity index (χ0v) is 16.3. The first kappa shape index (κ1) is 18.1. The SMILES string of the molecule is Cc1cc2ncc3c(=O)n(CCCN4CCOCC4)c(C)nc3c2cc1C. The Morgan fingerprint density at radius 2 is 1.78 bits per heavy atom. The molecule has 0 bridgehead atoms. The lowest BCUT2D eigenvalue weighted by Gasteiger charge is -2.26. The van der Waals surface area contributed by atoms with E-state index >= 15 is 0 Å². The zero-order chi connectivity index (χ0) is 19.0. The Bertz CT molecular complexity index is 1050. The summed E-state index contributed by atoms with van der Waals surface area (Å²) in [5.74, 6) is 0.764. The van der Waals surface area contributed by atoms with E-state index in [-0.39, 0.29) is 5.56 Å². The minimum atomic E-state index is 0.00658. The van der Waals surface area contributed by atoms with E-state index in [0.717, 1.165) is 61.5 Å². The third-order valence-corrected chi connectivity index (χ3v) is 5.55. The molecule has 2 aromatic heterocycles. The molecular formula is C21H26N4O2. The molecule has 1 aromatic carbocycles. The first-order chi connectivity index (χ1) is 13.0. The summed E-state index contributed by atoms with van der Waals surface area (Å²) in [5, 5.41) is 1.55. The molecule has 0 aliphatic carbocycles. The number of hydrogen-bond donors (Lipinski definition) is 0. The van der Waals surface area contributed by atoms with Crippen molar-refractivity contribution >= 4 is 21.8 Å². The number of aryl methyl sites for hydroxylation is 3. The molecule has 142 valence electrons. The van der Waals surface area contributed by atoms with Crippen molar-refractivity contribution < 1.29 is 4.74 Å². The Morgan fingerprint density at radius 3 is 2.56 bits per heavy atom. The number of benzene rings is 1. The zero-order valence-electron chi connectivity index (χ0n) is 16.3. The fraction of sp³-hybridized carbons (Fsp3) is 0.476. The van der Waals surface area contributed by atoms with Gasteiger partial charge >= 0.3 is 0 Å². The lowest BCUT2D eigenvalue weighted by Crippen LogP contribution is -2.37. The van der Waals surface area contributed by atoms with Crippen molar-refractivity contribution in [2.75, 3.05) is 32.8 Å². The Kier molecular flexibility index (Phi) is 4.93. The molecule has 6 nitrogen and oxygen atoms in total. The van der Waals surface area contributed by atoms with E-state index in [4.69, 9.17) is 9.72 Å². The number of pyridine rings is 1. The number of rotatable bonds is 4. The molecule has 0 radical (unpaired) electrons. The number of ether oxygens (including phenoxy) is 1. The van der Waals surface area contributed by atoms with Crippen LogP contribution in [0, 0.1) is 20.8 Å². The van der Waals surface area contributed by atoms with Crippen LogP contribution in [0.2, 0.25) is 0 Å². The topological polar surface area (TPSA) is 60.2 Å². The maximum Gasteiger partial charge on any atom is 0.262 e. The van der Waals surface area contributed by atoms with Gasteiger partial charge in [0.25, 0.3) is 5.56 Å². The largest absolute Gasteiger partial charge is 0.379 e. The van der Waals surface area contributed by atoms with Crippen LogP contribution >= 0.6 is 0 Å². The minimum Gasteiger partial charge on any atom is -0.379 e. The fourth-order valence-corrected chi connectivity index (χ4v) is 3.77. The van der Waals surface area contributed by atoms with Crippen LogP contribution in [0.15, 0.2) is 23.1 Å². The van der Waals surface area contributed by atoms with Crippen LogP contribution in [-0.2, 0) is 11.3 Å². The van der Waals surface area contributed by atoms with E-state index < -0.39 is 0 Å². The molecule has 4 rings (SSSR count). The first-order valence-corrected chi connectivity index (χ1v) is 9.62. The molecule has 3 heterocycles. The van der Waals surface area contributed by atoms with Crippen molar-refractivity contribution in [2.45, 2.75) is 33.7 Å². The molecule has 0 atom stereocenters. The lowest BCUT2D eigenvalue weighted by molar-refractivity contribution is 0.0369. The number of aromatic nitrogens is 3. The summed E-state index contributed by atoms with van der Waals surface area (Å²) in [6.07, 6.45) is 2.60. The standard InChI is InChI=1S/C21H26N4O2/c1-14-11-17-19(12-15(14)2)22-13-18-20(17)23-16(3)25(21(18)26)6-4-5-24-7-9-27-10-8-24/h11-13H,4-10H2,1-3H3. The molecule has 0 amide bonds. The molecule has 1 fully saturated rings. The molecule has 3 aromatic rings. The average molecular weight is 366 g/mol. The van der Waals surface area contributed by atoms with Gasteiger partial charge in [-0.25, -0.2) is 4.98 Å². The molecule has 0 spiro atoms. The van der Waals surface area contributed by atoms with Gasteiger partial charge < -0.3 is 4.74 Å². The first-order valence-electron chi connectivity index (χ1n) is 9.62. The maximum absolute atomic E-state index is 13.1. The van der Waals surface area contributed by atoms with Crippen molar-refractivity contribution in [1.82, 2.24) is 19.4 Å².